The predicted molar refractivity (Wildman–Crippen MR) is 191 cm³/mol. The highest BCUT2D eigenvalue weighted by atomic mass is 16.5. The van der Waals surface area contributed by atoms with Gasteiger partial charge in [0.2, 0.25) is 5.91 Å². The predicted octanol–water partition coefficient (Wildman–Crippen LogP) is 5.27. The Balaban J connectivity index is 1.59. The summed E-state index contributed by atoms with van der Waals surface area (Å²) >= 11 is 0. The van der Waals surface area contributed by atoms with Crippen molar-refractivity contribution < 1.29 is 28.6 Å². The van der Waals surface area contributed by atoms with Crippen LogP contribution in [0.25, 0.3) is 0 Å². The van der Waals surface area contributed by atoms with Gasteiger partial charge >= 0.3 is 0 Å². The SMILES string of the molecule is COc1cc(C(=O)N(C)c2ccc(C)cc2OCCCCCC(=O)NCCCN(C)C)ccc1NC(=O)c1ccccc1OCCCN. The topological polar surface area (TPSA) is 135 Å². The molecule has 3 amide bonds. The van der Waals surface area contributed by atoms with Crippen molar-refractivity contribution in [1.82, 2.24) is 10.2 Å². The van der Waals surface area contributed by atoms with E-state index in [4.69, 9.17) is 19.9 Å². The molecule has 11 nitrogen and oxygen atoms in total. The minimum absolute atomic E-state index is 0.0804. The maximum Gasteiger partial charge on any atom is 0.259 e. The molecule has 0 bridgehead atoms. The molecule has 48 heavy (non-hydrogen) atoms. The Hall–Kier alpha value is -4.61. The number of nitrogens with two attached hydrogens (primary N) is 1. The van der Waals surface area contributed by atoms with Gasteiger partial charge in [0.25, 0.3) is 11.8 Å². The van der Waals surface area contributed by atoms with Crippen LogP contribution < -0.4 is 35.5 Å². The van der Waals surface area contributed by atoms with Gasteiger partial charge < -0.3 is 40.4 Å². The van der Waals surface area contributed by atoms with Crippen molar-refractivity contribution in [2.75, 3.05) is 71.3 Å². The number of hydrogen-bond donors (Lipinski definition) is 3. The summed E-state index contributed by atoms with van der Waals surface area (Å²) in [5, 5.41) is 5.84. The van der Waals surface area contributed by atoms with Crippen molar-refractivity contribution in [3.8, 4) is 17.2 Å². The van der Waals surface area contributed by atoms with Crippen LogP contribution in [0.2, 0.25) is 0 Å². The molecule has 3 aromatic rings. The van der Waals surface area contributed by atoms with Crippen LogP contribution in [0.1, 0.15) is 64.8 Å². The van der Waals surface area contributed by atoms with E-state index >= 15 is 0 Å². The van der Waals surface area contributed by atoms with E-state index < -0.39 is 0 Å². The largest absolute Gasteiger partial charge is 0.495 e. The minimum Gasteiger partial charge on any atom is -0.495 e. The number of benzene rings is 3. The van der Waals surface area contributed by atoms with E-state index in [0.29, 0.717) is 78.9 Å². The van der Waals surface area contributed by atoms with Gasteiger partial charge in [0, 0.05) is 25.6 Å². The highest BCUT2D eigenvalue weighted by Gasteiger charge is 2.21. The highest BCUT2D eigenvalue weighted by Crippen LogP contribution is 2.32. The fourth-order valence-corrected chi connectivity index (χ4v) is 4.94. The molecule has 0 heterocycles. The Morgan fingerprint density at radius 1 is 0.812 bits per heavy atom. The van der Waals surface area contributed by atoms with Crippen LogP contribution in [0.4, 0.5) is 11.4 Å². The number of hydrogen-bond acceptors (Lipinski definition) is 8. The first-order valence-electron chi connectivity index (χ1n) is 16.5. The number of ether oxygens (including phenoxy) is 3. The van der Waals surface area contributed by atoms with Gasteiger partial charge in [-0.1, -0.05) is 18.2 Å². The number of methoxy groups -OCH3 is 1. The molecule has 0 atom stereocenters. The zero-order valence-corrected chi connectivity index (χ0v) is 29.0. The summed E-state index contributed by atoms with van der Waals surface area (Å²) in [7, 11) is 7.22. The third-order valence-electron chi connectivity index (χ3n) is 7.63. The molecule has 3 rings (SSSR count). The number of carbonyl (C=O) groups excluding carboxylic acids is 3. The standard InChI is InChI=1S/C37H51N5O6/c1-27-16-19-31(34(25-27)48-23-10-6-7-15-35(43)39-21-12-22-41(2)3)42(4)37(45)28-17-18-30(33(26-28)46-5)40-36(44)29-13-8-9-14-32(29)47-24-11-20-38/h8-9,13-14,16-19,25-26H,6-7,10-12,15,20-24,38H2,1-5H3,(H,39,43)(H,40,44). The van der Waals surface area contributed by atoms with Gasteiger partial charge in [-0.15, -0.1) is 0 Å². The Kier molecular flexibility index (Phi) is 15.7. The maximum atomic E-state index is 13.6. The number of rotatable bonds is 20. The summed E-state index contributed by atoms with van der Waals surface area (Å²) in [5.74, 6) is 0.848. The number of nitrogens with zero attached hydrogens (tertiary/aromatic N) is 2. The molecule has 0 aromatic heterocycles. The van der Waals surface area contributed by atoms with E-state index in [1.807, 2.05) is 39.2 Å². The molecular weight excluding hydrogens is 610 g/mol. The van der Waals surface area contributed by atoms with Crippen molar-refractivity contribution in [2.45, 2.75) is 45.4 Å². The lowest BCUT2D eigenvalue weighted by Crippen LogP contribution is -2.27. The van der Waals surface area contributed by atoms with Crippen molar-refractivity contribution >= 4 is 29.1 Å². The zero-order chi connectivity index (χ0) is 34.9. The monoisotopic (exact) mass is 661 g/mol. The van der Waals surface area contributed by atoms with Gasteiger partial charge in [-0.3, -0.25) is 14.4 Å². The van der Waals surface area contributed by atoms with Crippen LogP contribution in [0.5, 0.6) is 17.2 Å². The zero-order valence-electron chi connectivity index (χ0n) is 29.0. The van der Waals surface area contributed by atoms with Crippen molar-refractivity contribution in [1.29, 1.82) is 0 Å². The van der Waals surface area contributed by atoms with Crippen LogP contribution in [0.3, 0.4) is 0 Å². The van der Waals surface area contributed by atoms with Crippen molar-refractivity contribution in [3.63, 3.8) is 0 Å². The lowest BCUT2D eigenvalue weighted by Gasteiger charge is -2.22. The van der Waals surface area contributed by atoms with E-state index in [1.165, 1.54) is 12.0 Å². The fraction of sp³-hybridized carbons (Fsp3) is 0.432. The highest BCUT2D eigenvalue weighted by molar-refractivity contribution is 6.09. The molecule has 0 unspecified atom stereocenters. The van der Waals surface area contributed by atoms with Crippen LogP contribution in [-0.2, 0) is 4.79 Å². The number of aryl methyl sites for hydroxylation is 1. The van der Waals surface area contributed by atoms with Crippen LogP contribution in [-0.4, -0.2) is 83.7 Å². The van der Waals surface area contributed by atoms with Crippen LogP contribution >= 0.6 is 0 Å². The molecule has 3 aromatic carbocycles. The lowest BCUT2D eigenvalue weighted by atomic mass is 10.1. The van der Waals surface area contributed by atoms with Gasteiger partial charge in [-0.05, 0) is 114 Å². The summed E-state index contributed by atoms with van der Waals surface area (Å²) < 4.78 is 17.4. The van der Waals surface area contributed by atoms with Gasteiger partial charge in [0.05, 0.1) is 37.3 Å². The second-order valence-electron chi connectivity index (χ2n) is 11.9. The van der Waals surface area contributed by atoms with Gasteiger partial charge in [-0.2, -0.15) is 0 Å². The smallest absolute Gasteiger partial charge is 0.259 e. The Morgan fingerprint density at radius 2 is 1.56 bits per heavy atom. The van der Waals surface area contributed by atoms with Gasteiger partial charge in [0.15, 0.2) is 0 Å². The fourth-order valence-electron chi connectivity index (χ4n) is 4.94. The van der Waals surface area contributed by atoms with E-state index in [0.717, 1.165) is 37.8 Å². The lowest BCUT2D eigenvalue weighted by molar-refractivity contribution is -0.121. The normalized spacial score (nSPS) is 10.8. The molecule has 0 aliphatic heterocycles. The number of nitrogens with one attached hydrogen (secondary N) is 2. The summed E-state index contributed by atoms with van der Waals surface area (Å²) in [6, 6.07) is 17.6. The third kappa shape index (κ3) is 11.9. The first kappa shape index (κ1) is 37.8. The first-order chi connectivity index (χ1) is 23.1. The maximum absolute atomic E-state index is 13.6. The number of anilines is 2. The van der Waals surface area contributed by atoms with Crippen LogP contribution in [0, 0.1) is 6.92 Å². The van der Waals surface area contributed by atoms with Gasteiger partial charge in [-0.25, -0.2) is 0 Å². The molecule has 0 saturated carbocycles. The van der Waals surface area contributed by atoms with Gasteiger partial charge in [0.1, 0.15) is 17.2 Å². The third-order valence-corrected chi connectivity index (χ3v) is 7.63. The van der Waals surface area contributed by atoms with E-state index in [1.54, 1.807) is 49.5 Å². The summed E-state index contributed by atoms with van der Waals surface area (Å²) in [5.41, 5.74) is 8.37. The molecule has 11 heteroatoms. The minimum atomic E-state index is -0.367. The summed E-state index contributed by atoms with van der Waals surface area (Å²) in [6.45, 7) is 4.97. The molecule has 0 fully saturated rings. The van der Waals surface area contributed by atoms with Crippen molar-refractivity contribution in [3.05, 3.63) is 77.4 Å². The summed E-state index contributed by atoms with van der Waals surface area (Å²) in [4.78, 5) is 42.5. The molecule has 0 radical (unpaired) electrons. The number of amides is 3. The second-order valence-corrected chi connectivity index (χ2v) is 11.9. The van der Waals surface area contributed by atoms with E-state index in [2.05, 4.69) is 15.5 Å². The average Bonchev–Trinajstić information content (AvgIpc) is 3.08. The van der Waals surface area contributed by atoms with Crippen molar-refractivity contribution in [2.24, 2.45) is 5.73 Å². The summed E-state index contributed by atoms with van der Waals surface area (Å²) in [6.07, 6.45) is 4.53. The molecule has 4 N–H and O–H groups in total. The van der Waals surface area contributed by atoms with E-state index in [-0.39, 0.29) is 17.7 Å². The number of para-hydroxylation sites is 1. The molecule has 0 aliphatic carbocycles. The second kappa shape index (κ2) is 19.9. The molecule has 0 spiro atoms. The molecule has 0 saturated heterocycles. The Bertz CT molecular complexity index is 1490. The Labute approximate surface area is 284 Å². The molecular formula is C37H51N5O6. The number of carbonyl (C=O) groups is 3. The van der Waals surface area contributed by atoms with Crippen LogP contribution in [0.15, 0.2) is 60.7 Å². The Morgan fingerprint density at radius 3 is 2.31 bits per heavy atom. The molecule has 0 aliphatic rings. The van der Waals surface area contributed by atoms with E-state index in [9.17, 15) is 14.4 Å². The molecule has 260 valence electrons. The number of unbranched alkanes of at least 4 members (excludes halogenated alkanes) is 2. The average molecular weight is 662 g/mol. The first-order valence-corrected chi connectivity index (χ1v) is 16.5. The quantitative estimate of drug-likeness (QED) is 0.140.